The molecule has 0 saturated heterocycles. The molecular weight excluding hydrogens is 180 g/mol. The molecule has 1 aromatic heterocycles. The molecule has 0 saturated carbocycles. The molecule has 0 fully saturated rings. The lowest BCUT2D eigenvalue weighted by molar-refractivity contribution is -0.132. The largest absolute Gasteiger partial charge is 0.478 e. The van der Waals surface area contributed by atoms with Crippen LogP contribution >= 0.6 is 11.6 Å². The summed E-state index contributed by atoms with van der Waals surface area (Å²) in [5.74, 6) is -0.526. The first-order valence-corrected chi connectivity index (χ1v) is 3.64. The quantitative estimate of drug-likeness (QED) is 0.722. The fraction of sp³-hybridized carbons (Fsp3) is 0.125. The average molecular weight is 187 g/mol. The Kier molecular flexibility index (Phi) is 2.55. The maximum Gasteiger partial charge on any atom is 0.331 e. The van der Waals surface area contributed by atoms with Gasteiger partial charge in [0.15, 0.2) is 5.22 Å². The van der Waals surface area contributed by atoms with Gasteiger partial charge in [-0.2, -0.15) is 0 Å². The number of carbonyl (C=O) groups is 1. The minimum atomic E-state index is -0.970. The van der Waals surface area contributed by atoms with Gasteiger partial charge in [0, 0.05) is 5.57 Å². The normalized spacial score (nSPS) is 11.7. The van der Waals surface area contributed by atoms with E-state index in [1.807, 2.05) is 0 Å². The fourth-order valence-corrected chi connectivity index (χ4v) is 0.833. The number of hydrogen-bond acceptors (Lipinski definition) is 2. The molecule has 0 aromatic carbocycles. The number of aliphatic carboxylic acids is 1. The first kappa shape index (κ1) is 8.87. The van der Waals surface area contributed by atoms with Crippen molar-refractivity contribution in [3.8, 4) is 0 Å². The highest BCUT2D eigenvalue weighted by molar-refractivity contribution is 6.28. The summed E-state index contributed by atoms with van der Waals surface area (Å²) in [7, 11) is 0. The molecule has 0 atom stereocenters. The lowest BCUT2D eigenvalue weighted by Crippen LogP contribution is -1.94. The van der Waals surface area contributed by atoms with Gasteiger partial charge in [-0.1, -0.05) is 0 Å². The van der Waals surface area contributed by atoms with Crippen molar-refractivity contribution in [2.45, 2.75) is 6.92 Å². The van der Waals surface area contributed by atoms with Crippen LogP contribution in [0.15, 0.2) is 22.1 Å². The van der Waals surface area contributed by atoms with E-state index in [1.165, 1.54) is 13.0 Å². The Labute approximate surface area is 74.3 Å². The molecule has 0 radical (unpaired) electrons. The summed E-state index contributed by atoms with van der Waals surface area (Å²) < 4.78 is 4.93. The van der Waals surface area contributed by atoms with Crippen LogP contribution in [0, 0.1) is 0 Å². The van der Waals surface area contributed by atoms with Gasteiger partial charge in [0.2, 0.25) is 0 Å². The van der Waals surface area contributed by atoms with E-state index < -0.39 is 5.97 Å². The highest BCUT2D eigenvalue weighted by atomic mass is 35.5. The summed E-state index contributed by atoms with van der Waals surface area (Å²) in [6.07, 6.45) is 1.41. The van der Waals surface area contributed by atoms with Gasteiger partial charge < -0.3 is 9.52 Å². The highest BCUT2D eigenvalue weighted by Crippen LogP contribution is 2.15. The van der Waals surface area contributed by atoms with Crippen LogP contribution in [0.4, 0.5) is 0 Å². The van der Waals surface area contributed by atoms with Gasteiger partial charge in [-0.25, -0.2) is 4.79 Å². The number of hydrogen-bond donors (Lipinski definition) is 1. The molecule has 1 N–H and O–H groups in total. The molecule has 4 heteroatoms. The van der Waals surface area contributed by atoms with Crippen molar-refractivity contribution in [3.05, 3.63) is 28.7 Å². The molecule has 0 spiro atoms. The summed E-state index contributed by atoms with van der Waals surface area (Å²) >= 11 is 5.48. The maximum atomic E-state index is 10.4. The zero-order valence-corrected chi connectivity index (χ0v) is 7.13. The Morgan fingerprint density at radius 1 is 1.67 bits per heavy atom. The van der Waals surface area contributed by atoms with Gasteiger partial charge in [0.25, 0.3) is 0 Å². The van der Waals surface area contributed by atoms with Crippen molar-refractivity contribution in [2.24, 2.45) is 0 Å². The Morgan fingerprint density at radius 2 is 2.33 bits per heavy atom. The van der Waals surface area contributed by atoms with Gasteiger partial charge >= 0.3 is 5.97 Å². The van der Waals surface area contributed by atoms with E-state index in [2.05, 4.69) is 0 Å². The van der Waals surface area contributed by atoms with Gasteiger partial charge in [0.05, 0.1) is 0 Å². The van der Waals surface area contributed by atoms with Crippen molar-refractivity contribution in [1.82, 2.24) is 0 Å². The van der Waals surface area contributed by atoms with Crippen molar-refractivity contribution in [3.63, 3.8) is 0 Å². The summed E-state index contributed by atoms with van der Waals surface area (Å²) in [5.41, 5.74) is 0.209. The molecule has 1 rings (SSSR count). The predicted octanol–water partition coefficient (Wildman–Crippen LogP) is 2.42. The van der Waals surface area contributed by atoms with Crippen molar-refractivity contribution in [2.75, 3.05) is 0 Å². The summed E-state index contributed by atoms with van der Waals surface area (Å²) in [5, 5.41) is 8.76. The zero-order valence-electron chi connectivity index (χ0n) is 6.37. The first-order valence-electron chi connectivity index (χ1n) is 3.26. The second-order valence-electron chi connectivity index (χ2n) is 2.27. The minimum absolute atomic E-state index is 0.209. The van der Waals surface area contributed by atoms with E-state index in [9.17, 15) is 4.79 Å². The smallest absolute Gasteiger partial charge is 0.331 e. The Morgan fingerprint density at radius 3 is 2.75 bits per heavy atom. The van der Waals surface area contributed by atoms with Crippen LogP contribution in [0.1, 0.15) is 12.7 Å². The van der Waals surface area contributed by atoms with Gasteiger partial charge in [-0.3, -0.25) is 0 Å². The van der Waals surface area contributed by atoms with Crippen LogP contribution in [0.25, 0.3) is 6.08 Å². The zero-order chi connectivity index (χ0) is 9.14. The highest BCUT2D eigenvalue weighted by Gasteiger charge is 2.02. The van der Waals surface area contributed by atoms with Crippen molar-refractivity contribution < 1.29 is 14.3 Å². The summed E-state index contributed by atoms with van der Waals surface area (Å²) in [4.78, 5) is 10.4. The standard InChI is InChI=1S/C8H7ClO3/c1-5(8(10)11)4-6-2-3-7(9)12-6/h2-4H,1H3,(H,10,11). The second kappa shape index (κ2) is 3.45. The van der Waals surface area contributed by atoms with Crippen LogP contribution in [0.2, 0.25) is 5.22 Å². The first-order chi connectivity index (χ1) is 5.59. The molecule has 0 aliphatic carbocycles. The molecule has 0 amide bonds. The van der Waals surface area contributed by atoms with E-state index in [0.29, 0.717) is 5.76 Å². The Bertz CT molecular complexity index is 325. The number of halogens is 1. The van der Waals surface area contributed by atoms with Crippen LogP contribution in [0.3, 0.4) is 0 Å². The van der Waals surface area contributed by atoms with Crippen molar-refractivity contribution in [1.29, 1.82) is 0 Å². The number of carboxylic acid groups (broad SMARTS) is 1. The number of furan rings is 1. The third-order valence-electron chi connectivity index (χ3n) is 1.29. The van der Waals surface area contributed by atoms with Crippen LogP contribution in [-0.4, -0.2) is 11.1 Å². The molecule has 12 heavy (non-hydrogen) atoms. The molecule has 1 heterocycles. The lowest BCUT2D eigenvalue weighted by Gasteiger charge is -1.89. The SMILES string of the molecule is CC(=Cc1ccc(Cl)o1)C(=O)O. The summed E-state index contributed by atoms with van der Waals surface area (Å²) in [6.45, 7) is 1.48. The lowest BCUT2D eigenvalue weighted by atomic mass is 10.2. The third kappa shape index (κ3) is 2.13. The van der Waals surface area contributed by atoms with Crippen LogP contribution in [-0.2, 0) is 4.79 Å². The second-order valence-corrected chi connectivity index (χ2v) is 2.65. The van der Waals surface area contributed by atoms with Gasteiger partial charge in [-0.05, 0) is 36.7 Å². The molecule has 3 nitrogen and oxygen atoms in total. The molecule has 0 aliphatic heterocycles. The minimum Gasteiger partial charge on any atom is -0.478 e. The molecule has 0 aliphatic rings. The van der Waals surface area contributed by atoms with Gasteiger partial charge in [0.1, 0.15) is 5.76 Å². The Balaban J connectivity index is 2.87. The molecule has 64 valence electrons. The van der Waals surface area contributed by atoms with E-state index in [-0.39, 0.29) is 10.8 Å². The molecule has 1 aromatic rings. The van der Waals surface area contributed by atoms with E-state index in [0.717, 1.165) is 0 Å². The monoisotopic (exact) mass is 186 g/mol. The third-order valence-corrected chi connectivity index (χ3v) is 1.49. The predicted molar refractivity (Wildman–Crippen MR) is 45.0 cm³/mol. The van der Waals surface area contributed by atoms with E-state index >= 15 is 0 Å². The number of rotatable bonds is 2. The topological polar surface area (TPSA) is 50.4 Å². The van der Waals surface area contributed by atoms with E-state index in [1.54, 1.807) is 12.1 Å². The van der Waals surface area contributed by atoms with Gasteiger partial charge in [-0.15, -0.1) is 0 Å². The molecule has 0 bridgehead atoms. The fourth-order valence-electron chi connectivity index (χ4n) is 0.681. The number of carboxylic acids is 1. The molecular formula is C8H7ClO3. The maximum absolute atomic E-state index is 10.4. The molecule has 0 unspecified atom stereocenters. The van der Waals surface area contributed by atoms with Crippen LogP contribution < -0.4 is 0 Å². The average Bonchev–Trinajstić information content (AvgIpc) is 2.35. The van der Waals surface area contributed by atoms with E-state index in [4.69, 9.17) is 21.1 Å². The summed E-state index contributed by atoms with van der Waals surface area (Å²) in [6, 6.07) is 3.16. The Hall–Kier alpha value is -1.22. The van der Waals surface area contributed by atoms with Crippen LogP contribution in [0.5, 0.6) is 0 Å². The van der Waals surface area contributed by atoms with Crippen molar-refractivity contribution >= 4 is 23.6 Å².